The Morgan fingerprint density at radius 3 is 2.80 bits per heavy atom. The largest absolute Gasteiger partial charge is 0.301 e. The number of rotatable bonds is 4. The van der Waals surface area contributed by atoms with Gasteiger partial charge in [-0.05, 0) is 25.3 Å². The second-order valence-corrected chi connectivity index (χ2v) is 5.24. The number of aromatic nitrogens is 1. The number of hydrogen-bond acceptors (Lipinski definition) is 4. The Kier molecular flexibility index (Phi) is 3.51. The lowest BCUT2D eigenvalue weighted by atomic mass is 10.2. The summed E-state index contributed by atoms with van der Waals surface area (Å²) in [5, 5.41) is 7.75. The fourth-order valence-corrected chi connectivity index (χ4v) is 2.91. The average molecular weight is 238 g/mol. The molecule has 2 nitrogen and oxygen atoms in total. The zero-order valence-electron chi connectivity index (χ0n) is 8.81. The number of thiophene rings is 1. The molecule has 2 aromatic heterocycles. The van der Waals surface area contributed by atoms with Crippen molar-refractivity contribution in [2.75, 3.05) is 0 Å². The summed E-state index contributed by atoms with van der Waals surface area (Å²) >= 11 is 3.43. The van der Waals surface area contributed by atoms with Gasteiger partial charge in [0.2, 0.25) is 0 Å². The summed E-state index contributed by atoms with van der Waals surface area (Å²) in [5.74, 6) is 0. The highest BCUT2D eigenvalue weighted by atomic mass is 32.1. The van der Waals surface area contributed by atoms with Gasteiger partial charge < -0.3 is 5.32 Å². The molecule has 1 N–H and O–H groups in total. The van der Waals surface area contributed by atoms with Gasteiger partial charge in [-0.15, -0.1) is 22.7 Å². The first-order valence-corrected chi connectivity index (χ1v) is 6.77. The van der Waals surface area contributed by atoms with Gasteiger partial charge in [0.1, 0.15) is 0 Å². The van der Waals surface area contributed by atoms with Crippen LogP contribution in [0.5, 0.6) is 0 Å². The normalized spacial score (nSPS) is 15.1. The highest BCUT2D eigenvalue weighted by Crippen LogP contribution is 2.22. The molecule has 0 aliphatic heterocycles. The number of thiazole rings is 1. The van der Waals surface area contributed by atoms with Gasteiger partial charge in [0.15, 0.2) is 0 Å². The van der Waals surface area contributed by atoms with Crippen molar-refractivity contribution in [2.45, 2.75) is 25.9 Å². The topological polar surface area (TPSA) is 24.9 Å². The second-order valence-electron chi connectivity index (χ2n) is 3.54. The Balaban J connectivity index is 1.98. The number of nitrogens with zero attached hydrogens (tertiary/aromatic N) is 1. The van der Waals surface area contributed by atoms with E-state index >= 15 is 0 Å². The van der Waals surface area contributed by atoms with Gasteiger partial charge in [-0.3, -0.25) is 0 Å². The molecule has 0 saturated carbocycles. The molecule has 4 heteroatoms. The lowest BCUT2D eigenvalue weighted by Gasteiger charge is -2.17. The highest BCUT2D eigenvalue weighted by molar-refractivity contribution is 7.10. The highest BCUT2D eigenvalue weighted by Gasteiger charge is 2.12. The molecule has 15 heavy (non-hydrogen) atoms. The van der Waals surface area contributed by atoms with Gasteiger partial charge in [0.25, 0.3) is 0 Å². The standard InChI is InChI=1S/C11H14N2S2/c1-8(10-6-14-7-12-10)13-9(2)11-4-3-5-15-11/h3-9,13H,1-2H3/t8?,9-/m0/s1. The van der Waals surface area contributed by atoms with Gasteiger partial charge in [0, 0.05) is 22.3 Å². The van der Waals surface area contributed by atoms with Crippen molar-refractivity contribution in [1.82, 2.24) is 10.3 Å². The maximum atomic E-state index is 4.31. The molecule has 2 rings (SSSR count). The molecular formula is C11H14N2S2. The third-order valence-electron chi connectivity index (χ3n) is 2.37. The van der Waals surface area contributed by atoms with E-state index in [1.807, 2.05) is 5.51 Å². The van der Waals surface area contributed by atoms with Crippen LogP contribution in [0.25, 0.3) is 0 Å². The van der Waals surface area contributed by atoms with Crippen LogP contribution >= 0.6 is 22.7 Å². The molecule has 80 valence electrons. The minimum absolute atomic E-state index is 0.313. The first-order chi connectivity index (χ1) is 7.27. The Morgan fingerprint density at radius 2 is 2.20 bits per heavy atom. The molecule has 0 spiro atoms. The first kappa shape index (κ1) is 10.8. The van der Waals surface area contributed by atoms with E-state index in [1.54, 1.807) is 22.7 Å². The fourth-order valence-electron chi connectivity index (χ4n) is 1.52. The molecule has 0 bridgehead atoms. The van der Waals surface area contributed by atoms with Crippen molar-refractivity contribution < 1.29 is 0 Å². The van der Waals surface area contributed by atoms with Crippen LogP contribution in [0, 0.1) is 0 Å². The van der Waals surface area contributed by atoms with Gasteiger partial charge in [-0.2, -0.15) is 0 Å². The van der Waals surface area contributed by atoms with E-state index in [4.69, 9.17) is 0 Å². The molecule has 2 aromatic rings. The smallest absolute Gasteiger partial charge is 0.0795 e. The van der Waals surface area contributed by atoms with E-state index < -0.39 is 0 Å². The molecule has 0 radical (unpaired) electrons. The maximum absolute atomic E-state index is 4.31. The van der Waals surface area contributed by atoms with Crippen LogP contribution in [0.3, 0.4) is 0 Å². The van der Waals surface area contributed by atoms with E-state index in [-0.39, 0.29) is 0 Å². The van der Waals surface area contributed by atoms with E-state index in [0.29, 0.717) is 12.1 Å². The van der Waals surface area contributed by atoms with Crippen LogP contribution in [0.2, 0.25) is 0 Å². The molecule has 2 heterocycles. The van der Waals surface area contributed by atoms with Gasteiger partial charge in [-0.1, -0.05) is 6.07 Å². The van der Waals surface area contributed by atoms with Crippen molar-refractivity contribution in [2.24, 2.45) is 0 Å². The van der Waals surface area contributed by atoms with Crippen LogP contribution in [-0.4, -0.2) is 4.98 Å². The summed E-state index contributed by atoms with van der Waals surface area (Å²) in [5.41, 5.74) is 3.01. The molecule has 0 aromatic carbocycles. The van der Waals surface area contributed by atoms with Crippen molar-refractivity contribution in [3.8, 4) is 0 Å². The first-order valence-electron chi connectivity index (χ1n) is 4.95. The van der Waals surface area contributed by atoms with E-state index in [9.17, 15) is 0 Å². The minimum Gasteiger partial charge on any atom is -0.301 e. The predicted octanol–water partition coefficient (Wildman–Crippen LogP) is 3.62. The van der Waals surface area contributed by atoms with Crippen molar-refractivity contribution >= 4 is 22.7 Å². The minimum atomic E-state index is 0.313. The van der Waals surface area contributed by atoms with E-state index in [2.05, 4.69) is 47.0 Å². The molecule has 0 aliphatic carbocycles. The van der Waals surface area contributed by atoms with Crippen LogP contribution in [-0.2, 0) is 0 Å². The van der Waals surface area contributed by atoms with Crippen LogP contribution < -0.4 is 5.32 Å². The second kappa shape index (κ2) is 4.88. The maximum Gasteiger partial charge on any atom is 0.0795 e. The zero-order valence-corrected chi connectivity index (χ0v) is 10.4. The Bertz CT molecular complexity index is 342. The van der Waals surface area contributed by atoms with E-state index in [0.717, 1.165) is 5.69 Å². The lowest BCUT2D eigenvalue weighted by Crippen LogP contribution is -2.21. The van der Waals surface area contributed by atoms with Crippen LogP contribution in [0.4, 0.5) is 0 Å². The lowest BCUT2D eigenvalue weighted by molar-refractivity contribution is 0.493. The summed E-state index contributed by atoms with van der Waals surface area (Å²) in [6.07, 6.45) is 0. The summed E-state index contributed by atoms with van der Waals surface area (Å²) in [7, 11) is 0. The van der Waals surface area contributed by atoms with Crippen LogP contribution in [0.15, 0.2) is 28.4 Å². The molecule has 0 amide bonds. The monoisotopic (exact) mass is 238 g/mol. The quantitative estimate of drug-likeness (QED) is 0.880. The van der Waals surface area contributed by atoms with E-state index in [1.165, 1.54) is 4.88 Å². The summed E-state index contributed by atoms with van der Waals surface area (Å²) in [4.78, 5) is 5.68. The number of nitrogens with one attached hydrogen (secondary N) is 1. The molecule has 0 saturated heterocycles. The molecule has 1 unspecified atom stereocenters. The molecular weight excluding hydrogens is 224 g/mol. The van der Waals surface area contributed by atoms with Crippen molar-refractivity contribution in [1.29, 1.82) is 0 Å². The zero-order chi connectivity index (χ0) is 10.7. The summed E-state index contributed by atoms with van der Waals surface area (Å²) < 4.78 is 0. The van der Waals surface area contributed by atoms with Gasteiger partial charge in [0.05, 0.1) is 11.2 Å². The van der Waals surface area contributed by atoms with Crippen LogP contribution in [0.1, 0.15) is 36.5 Å². The van der Waals surface area contributed by atoms with Crippen molar-refractivity contribution in [3.05, 3.63) is 39.0 Å². The van der Waals surface area contributed by atoms with Gasteiger partial charge in [-0.25, -0.2) is 4.98 Å². The average Bonchev–Trinajstić information content (AvgIpc) is 2.91. The Labute approximate surface area is 98.0 Å². The molecule has 0 fully saturated rings. The van der Waals surface area contributed by atoms with Gasteiger partial charge >= 0.3 is 0 Å². The molecule has 2 atom stereocenters. The summed E-state index contributed by atoms with van der Waals surface area (Å²) in [6.45, 7) is 4.34. The Hall–Kier alpha value is -0.710. The molecule has 0 aliphatic rings. The third kappa shape index (κ3) is 2.65. The predicted molar refractivity (Wildman–Crippen MR) is 66.4 cm³/mol. The SMILES string of the molecule is CC(N[C@@H](C)c1cccs1)c1cscn1. The Morgan fingerprint density at radius 1 is 1.33 bits per heavy atom. The summed E-state index contributed by atoms with van der Waals surface area (Å²) in [6, 6.07) is 4.96. The fraction of sp³-hybridized carbons (Fsp3) is 0.364. The number of hydrogen-bond donors (Lipinski definition) is 1. The van der Waals surface area contributed by atoms with Crippen molar-refractivity contribution in [3.63, 3.8) is 0 Å². The third-order valence-corrected chi connectivity index (χ3v) is 4.02.